The van der Waals surface area contributed by atoms with Crippen molar-refractivity contribution in [2.75, 3.05) is 11.9 Å². The van der Waals surface area contributed by atoms with Crippen molar-refractivity contribution < 1.29 is 14.2 Å². The predicted molar refractivity (Wildman–Crippen MR) is 70.9 cm³/mol. The number of benzene rings is 2. The van der Waals surface area contributed by atoms with E-state index in [1.54, 1.807) is 24.3 Å². The van der Waals surface area contributed by atoms with Crippen molar-refractivity contribution in [2.45, 2.75) is 5.54 Å². The Morgan fingerprint density at radius 2 is 2.10 bits per heavy atom. The lowest BCUT2D eigenvalue weighted by Crippen LogP contribution is -2.35. The Kier molecular flexibility index (Phi) is 2.72. The number of anilines is 1. The molecule has 0 aliphatic carbocycles. The van der Waals surface area contributed by atoms with Crippen LogP contribution in [-0.4, -0.2) is 11.7 Å². The lowest BCUT2D eigenvalue weighted by atomic mass is 9.93. The smallest absolute Gasteiger partial charge is 0.189 e. The number of hydrogen-bond acceptors (Lipinski definition) is 4. The number of phenolic OH excluding ortho intramolecular Hbond substituents is 1. The highest BCUT2D eigenvalue weighted by Gasteiger charge is 2.42. The Bertz CT molecular complexity index is 711. The summed E-state index contributed by atoms with van der Waals surface area (Å²) in [6.45, 7) is 0.0522. The molecule has 5 heteroatoms. The molecular weight excluding hydrogens is 259 g/mol. The number of rotatable bonds is 2. The van der Waals surface area contributed by atoms with Gasteiger partial charge in [0, 0.05) is 11.6 Å². The van der Waals surface area contributed by atoms with Gasteiger partial charge in [-0.05, 0) is 24.3 Å². The van der Waals surface area contributed by atoms with E-state index in [1.165, 1.54) is 18.2 Å². The van der Waals surface area contributed by atoms with Crippen LogP contribution in [0.5, 0.6) is 11.5 Å². The van der Waals surface area contributed by atoms with Gasteiger partial charge in [-0.15, -0.1) is 0 Å². The first-order valence-corrected chi connectivity index (χ1v) is 6.05. The van der Waals surface area contributed by atoms with Gasteiger partial charge >= 0.3 is 0 Å². The van der Waals surface area contributed by atoms with Gasteiger partial charge in [-0.2, -0.15) is 5.26 Å². The molecule has 4 nitrogen and oxygen atoms in total. The molecule has 0 bridgehead atoms. The molecule has 0 saturated heterocycles. The highest BCUT2D eigenvalue weighted by atomic mass is 19.1. The molecule has 1 aliphatic rings. The largest absolute Gasteiger partial charge is 0.508 e. The first-order valence-electron chi connectivity index (χ1n) is 6.05. The number of halogens is 1. The predicted octanol–water partition coefficient (Wildman–Crippen LogP) is 2.75. The van der Waals surface area contributed by atoms with E-state index in [0.717, 1.165) is 0 Å². The number of nitrogens with zero attached hydrogens (tertiary/aromatic N) is 1. The number of ether oxygens (including phenoxy) is 1. The number of nitrogens with one attached hydrogen (secondary N) is 1. The standard InChI is InChI=1S/C15H11FN2O2/c16-12-3-1-2-4-13(12)18-15(8-17)9-20-14-7-10(19)5-6-11(14)15/h1-7,18-19H,9H2. The summed E-state index contributed by atoms with van der Waals surface area (Å²) >= 11 is 0. The molecule has 0 fully saturated rings. The minimum atomic E-state index is -1.16. The molecule has 0 radical (unpaired) electrons. The molecule has 0 saturated carbocycles. The highest BCUT2D eigenvalue weighted by Crippen LogP contribution is 2.41. The summed E-state index contributed by atoms with van der Waals surface area (Å²) < 4.78 is 19.2. The van der Waals surface area contributed by atoms with Crippen LogP contribution in [0.1, 0.15) is 5.56 Å². The van der Waals surface area contributed by atoms with Crippen molar-refractivity contribution in [2.24, 2.45) is 0 Å². The second-order valence-corrected chi connectivity index (χ2v) is 4.59. The lowest BCUT2D eigenvalue weighted by molar-refractivity contribution is 0.313. The van der Waals surface area contributed by atoms with Crippen molar-refractivity contribution in [3.8, 4) is 17.6 Å². The number of hydrogen-bond donors (Lipinski definition) is 2. The molecule has 2 aromatic rings. The number of para-hydroxylation sites is 1. The molecule has 100 valence electrons. The zero-order valence-electron chi connectivity index (χ0n) is 10.4. The van der Waals surface area contributed by atoms with E-state index in [0.29, 0.717) is 11.3 Å². The highest BCUT2D eigenvalue weighted by molar-refractivity contribution is 5.58. The zero-order valence-corrected chi connectivity index (χ0v) is 10.4. The van der Waals surface area contributed by atoms with Gasteiger partial charge in [0.05, 0.1) is 11.8 Å². The number of nitriles is 1. The van der Waals surface area contributed by atoms with Gasteiger partial charge in [0.2, 0.25) is 0 Å². The fourth-order valence-electron chi connectivity index (χ4n) is 2.26. The molecule has 2 aromatic carbocycles. The van der Waals surface area contributed by atoms with Crippen LogP contribution in [0.15, 0.2) is 42.5 Å². The maximum Gasteiger partial charge on any atom is 0.189 e. The van der Waals surface area contributed by atoms with E-state index in [1.807, 2.05) is 0 Å². The summed E-state index contributed by atoms with van der Waals surface area (Å²) in [7, 11) is 0. The van der Waals surface area contributed by atoms with E-state index >= 15 is 0 Å². The van der Waals surface area contributed by atoms with Crippen molar-refractivity contribution >= 4 is 5.69 Å². The molecule has 20 heavy (non-hydrogen) atoms. The molecule has 1 aliphatic heterocycles. The van der Waals surface area contributed by atoms with Crippen molar-refractivity contribution in [1.82, 2.24) is 0 Å². The van der Waals surface area contributed by atoms with Crippen molar-refractivity contribution in [1.29, 1.82) is 5.26 Å². The summed E-state index contributed by atoms with van der Waals surface area (Å²) in [6, 6.07) is 12.8. The summed E-state index contributed by atoms with van der Waals surface area (Å²) in [4.78, 5) is 0. The first kappa shape index (κ1) is 12.3. The van der Waals surface area contributed by atoms with E-state index in [9.17, 15) is 14.8 Å². The summed E-state index contributed by atoms with van der Waals surface area (Å²) in [5.41, 5.74) is -0.342. The maximum atomic E-state index is 13.7. The second kappa shape index (κ2) is 4.42. The molecule has 0 aromatic heterocycles. The van der Waals surface area contributed by atoms with Gasteiger partial charge in [0.1, 0.15) is 23.9 Å². The van der Waals surface area contributed by atoms with Gasteiger partial charge in [0.25, 0.3) is 0 Å². The molecular formula is C15H11FN2O2. The lowest BCUT2D eigenvalue weighted by Gasteiger charge is -2.23. The quantitative estimate of drug-likeness (QED) is 0.880. The van der Waals surface area contributed by atoms with E-state index in [2.05, 4.69) is 11.4 Å². The molecule has 1 atom stereocenters. The van der Waals surface area contributed by atoms with Gasteiger partial charge in [-0.25, -0.2) is 4.39 Å². The summed E-state index contributed by atoms with van der Waals surface area (Å²) in [6.07, 6.45) is 0. The normalized spacial score (nSPS) is 19.8. The van der Waals surface area contributed by atoms with Crippen LogP contribution in [0, 0.1) is 17.1 Å². The topological polar surface area (TPSA) is 65.3 Å². The van der Waals surface area contributed by atoms with Gasteiger partial charge < -0.3 is 15.2 Å². The number of phenols is 1. The Morgan fingerprint density at radius 3 is 2.85 bits per heavy atom. The van der Waals surface area contributed by atoms with Crippen LogP contribution in [-0.2, 0) is 5.54 Å². The third kappa shape index (κ3) is 1.82. The molecule has 0 amide bonds. The monoisotopic (exact) mass is 270 g/mol. The Labute approximate surface area is 115 Å². The summed E-state index contributed by atoms with van der Waals surface area (Å²) in [5.74, 6) is 0.0492. The fourth-order valence-corrected chi connectivity index (χ4v) is 2.26. The van der Waals surface area contributed by atoms with Crippen LogP contribution >= 0.6 is 0 Å². The summed E-state index contributed by atoms with van der Waals surface area (Å²) in [5, 5.41) is 21.8. The molecule has 3 rings (SSSR count). The number of fused-ring (bicyclic) bond motifs is 1. The fraction of sp³-hybridized carbons (Fsp3) is 0.133. The Balaban J connectivity index is 2.04. The Hall–Kier alpha value is -2.74. The van der Waals surface area contributed by atoms with Crippen LogP contribution in [0.3, 0.4) is 0 Å². The van der Waals surface area contributed by atoms with Crippen LogP contribution in [0.4, 0.5) is 10.1 Å². The van der Waals surface area contributed by atoms with Gasteiger partial charge in [0.15, 0.2) is 5.54 Å². The minimum Gasteiger partial charge on any atom is -0.508 e. The number of aromatic hydroxyl groups is 1. The molecule has 1 unspecified atom stereocenters. The molecule has 2 N–H and O–H groups in total. The molecule has 0 spiro atoms. The van der Waals surface area contributed by atoms with Gasteiger partial charge in [-0.3, -0.25) is 0 Å². The maximum absolute atomic E-state index is 13.7. The van der Waals surface area contributed by atoms with E-state index < -0.39 is 11.4 Å². The SMILES string of the molecule is N#CC1(Nc2ccccc2F)COc2cc(O)ccc21. The van der Waals surface area contributed by atoms with Crippen molar-refractivity contribution in [3.05, 3.63) is 53.8 Å². The second-order valence-electron chi connectivity index (χ2n) is 4.59. The molecule has 1 heterocycles. The third-order valence-electron chi connectivity index (χ3n) is 3.28. The average molecular weight is 270 g/mol. The van der Waals surface area contributed by atoms with E-state index in [-0.39, 0.29) is 18.0 Å². The third-order valence-corrected chi connectivity index (χ3v) is 3.28. The average Bonchev–Trinajstić information content (AvgIpc) is 2.80. The minimum absolute atomic E-state index is 0.0522. The van der Waals surface area contributed by atoms with Crippen LogP contribution < -0.4 is 10.1 Å². The Morgan fingerprint density at radius 1 is 1.30 bits per heavy atom. The van der Waals surface area contributed by atoms with E-state index in [4.69, 9.17) is 4.74 Å². The van der Waals surface area contributed by atoms with Crippen LogP contribution in [0.2, 0.25) is 0 Å². The first-order chi connectivity index (χ1) is 9.64. The van der Waals surface area contributed by atoms with Gasteiger partial charge in [-0.1, -0.05) is 12.1 Å². The van der Waals surface area contributed by atoms with Crippen LogP contribution in [0.25, 0.3) is 0 Å². The van der Waals surface area contributed by atoms with Crippen molar-refractivity contribution in [3.63, 3.8) is 0 Å². The zero-order chi connectivity index (χ0) is 14.2.